The third-order valence-corrected chi connectivity index (χ3v) is 4.02. The van der Waals surface area contributed by atoms with Crippen LogP contribution in [0, 0.1) is 5.92 Å². The Kier molecular flexibility index (Phi) is 8.26. The predicted octanol–water partition coefficient (Wildman–Crippen LogP) is 3.56. The zero-order chi connectivity index (χ0) is 13.9. The largest absolute Gasteiger partial charge is 0.369 e. The maximum atomic E-state index is 5.33. The Balaban J connectivity index is 2.50. The van der Waals surface area contributed by atoms with Crippen LogP contribution in [0.3, 0.4) is 0 Å². The average Bonchev–Trinajstić information content (AvgIpc) is 2.36. The van der Waals surface area contributed by atoms with E-state index in [1.807, 2.05) is 0 Å². The smallest absolute Gasteiger partial charge is 0.211 e. The average molecular weight is 266 g/mol. The van der Waals surface area contributed by atoms with Crippen LogP contribution >= 0.6 is 0 Å². The quantitative estimate of drug-likeness (QED) is 0.455. The number of guanidine groups is 1. The van der Waals surface area contributed by atoms with Crippen LogP contribution in [0.2, 0.25) is 0 Å². The van der Waals surface area contributed by atoms with Crippen LogP contribution in [-0.4, -0.2) is 11.7 Å². The molecule has 1 fully saturated rings. The molecular formula is C15H30N4. The van der Waals surface area contributed by atoms with Gasteiger partial charge in [0.25, 0.3) is 0 Å². The molecule has 0 atom stereocenters. The molecule has 19 heavy (non-hydrogen) atoms. The summed E-state index contributed by atoms with van der Waals surface area (Å²) in [5, 5.41) is 7.96. The lowest BCUT2D eigenvalue weighted by Crippen LogP contribution is -2.22. The minimum Gasteiger partial charge on any atom is -0.369 e. The molecule has 0 bridgehead atoms. The molecule has 1 saturated carbocycles. The zero-order valence-corrected chi connectivity index (χ0v) is 12.4. The minimum atomic E-state index is 0.0486. The highest BCUT2D eigenvalue weighted by molar-refractivity contribution is 5.85. The minimum absolute atomic E-state index is 0.0486. The molecule has 0 aromatic heterocycles. The maximum absolute atomic E-state index is 5.33. The second-order valence-corrected chi connectivity index (χ2v) is 5.72. The fraction of sp³-hybridized carbons (Fsp3) is 0.867. The van der Waals surface area contributed by atoms with Gasteiger partial charge in [-0.1, -0.05) is 57.8 Å². The molecule has 110 valence electrons. The first-order valence-electron chi connectivity index (χ1n) is 7.83. The van der Waals surface area contributed by atoms with Crippen LogP contribution in [0.25, 0.3) is 0 Å². The van der Waals surface area contributed by atoms with Gasteiger partial charge in [-0.2, -0.15) is 5.10 Å². The van der Waals surface area contributed by atoms with Crippen molar-refractivity contribution in [3.8, 4) is 0 Å². The summed E-state index contributed by atoms with van der Waals surface area (Å²) in [4.78, 5) is 0. The predicted molar refractivity (Wildman–Crippen MR) is 83.2 cm³/mol. The Bertz CT molecular complexity index is 281. The third-order valence-electron chi connectivity index (χ3n) is 4.02. The molecule has 0 spiro atoms. The standard InChI is InChI=1S/C15H30N4/c1-13(18-19-15(16)17)14-11-9-7-5-3-2-4-6-8-10-12-14/h14H,2-12H2,1H3,(H4,16,17,19)/b18-13-. The van der Waals surface area contributed by atoms with Crippen molar-refractivity contribution in [1.82, 2.24) is 0 Å². The van der Waals surface area contributed by atoms with E-state index < -0.39 is 0 Å². The number of nitrogens with two attached hydrogens (primary N) is 2. The molecule has 1 rings (SSSR count). The molecular weight excluding hydrogens is 236 g/mol. The van der Waals surface area contributed by atoms with E-state index in [-0.39, 0.29) is 5.96 Å². The Morgan fingerprint density at radius 3 is 1.58 bits per heavy atom. The summed E-state index contributed by atoms with van der Waals surface area (Å²) in [5.74, 6) is 0.607. The van der Waals surface area contributed by atoms with Gasteiger partial charge in [0.15, 0.2) is 0 Å². The van der Waals surface area contributed by atoms with Crippen LogP contribution < -0.4 is 11.5 Å². The third kappa shape index (κ3) is 7.85. The molecule has 0 unspecified atom stereocenters. The second kappa shape index (κ2) is 9.82. The molecule has 4 heteroatoms. The van der Waals surface area contributed by atoms with Crippen LogP contribution in [0.15, 0.2) is 10.2 Å². The summed E-state index contributed by atoms with van der Waals surface area (Å²) in [7, 11) is 0. The van der Waals surface area contributed by atoms with Gasteiger partial charge in [0.2, 0.25) is 5.96 Å². The van der Waals surface area contributed by atoms with Gasteiger partial charge >= 0.3 is 0 Å². The second-order valence-electron chi connectivity index (χ2n) is 5.72. The van der Waals surface area contributed by atoms with E-state index in [0.717, 1.165) is 5.71 Å². The SMILES string of the molecule is C/C(=N/N=C(N)N)C1CCCCCCCCCCC1. The highest BCUT2D eigenvalue weighted by Gasteiger charge is 2.12. The lowest BCUT2D eigenvalue weighted by molar-refractivity contribution is 0.463. The Morgan fingerprint density at radius 1 is 0.737 bits per heavy atom. The summed E-state index contributed by atoms with van der Waals surface area (Å²) in [6.07, 6.45) is 14.8. The normalized spacial score (nSPS) is 21.2. The van der Waals surface area contributed by atoms with E-state index in [9.17, 15) is 0 Å². The van der Waals surface area contributed by atoms with Crippen LogP contribution in [0.4, 0.5) is 0 Å². The molecule has 0 radical (unpaired) electrons. The highest BCUT2D eigenvalue weighted by Crippen LogP contribution is 2.22. The first-order valence-corrected chi connectivity index (χ1v) is 7.83. The van der Waals surface area contributed by atoms with E-state index in [4.69, 9.17) is 11.5 Å². The fourth-order valence-corrected chi connectivity index (χ4v) is 2.80. The van der Waals surface area contributed by atoms with E-state index in [2.05, 4.69) is 17.1 Å². The lowest BCUT2D eigenvalue weighted by Gasteiger charge is -2.17. The van der Waals surface area contributed by atoms with Gasteiger partial charge in [0, 0.05) is 5.71 Å². The Labute approximate surface area is 117 Å². The van der Waals surface area contributed by atoms with E-state index in [1.165, 1.54) is 70.6 Å². The van der Waals surface area contributed by atoms with Gasteiger partial charge in [-0.15, -0.1) is 5.10 Å². The molecule has 1 aliphatic rings. The molecule has 4 N–H and O–H groups in total. The first kappa shape index (κ1) is 16.0. The van der Waals surface area contributed by atoms with Crippen molar-refractivity contribution in [3.63, 3.8) is 0 Å². The first-order chi connectivity index (χ1) is 9.20. The summed E-state index contributed by atoms with van der Waals surface area (Å²) in [6.45, 7) is 2.06. The van der Waals surface area contributed by atoms with E-state index in [0.29, 0.717) is 5.92 Å². The maximum Gasteiger partial charge on any atom is 0.211 e. The Hall–Kier alpha value is -1.06. The molecule has 0 aromatic carbocycles. The van der Waals surface area contributed by atoms with Gasteiger partial charge in [-0.3, -0.25) is 0 Å². The van der Waals surface area contributed by atoms with Gasteiger partial charge < -0.3 is 11.5 Å². The molecule has 0 saturated heterocycles. The number of rotatable bonds is 2. The number of hydrogen-bond acceptors (Lipinski definition) is 2. The highest BCUT2D eigenvalue weighted by atomic mass is 15.3. The van der Waals surface area contributed by atoms with Crippen LogP contribution in [-0.2, 0) is 0 Å². The van der Waals surface area contributed by atoms with Crippen LogP contribution in [0.1, 0.15) is 77.6 Å². The molecule has 0 heterocycles. The molecule has 0 aliphatic heterocycles. The lowest BCUT2D eigenvalue weighted by atomic mass is 9.90. The summed E-state index contributed by atoms with van der Waals surface area (Å²) in [5.41, 5.74) is 11.7. The van der Waals surface area contributed by atoms with Crippen molar-refractivity contribution in [2.75, 3.05) is 0 Å². The monoisotopic (exact) mass is 266 g/mol. The molecule has 1 aliphatic carbocycles. The van der Waals surface area contributed by atoms with Gasteiger partial charge in [-0.25, -0.2) is 0 Å². The van der Waals surface area contributed by atoms with Crippen LogP contribution in [0.5, 0.6) is 0 Å². The van der Waals surface area contributed by atoms with Gasteiger partial charge in [0.05, 0.1) is 0 Å². The molecule has 0 aromatic rings. The van der Waals surface area contributed by atoms with E-state index in [1.54, 1.807) is 0 Å². The summed E-state index contributed by atoms with van der Waals surface area (Å²) < 4.78 is 0. The van der Waals surface area contributed by atoms with Crippen molar-refractivity contribution in [2.45, 2.75) is 77.6 Å². The van der Waals surface area contributed by atoms with Crippen molar-refractivity contribution < 1.29 is 0 Å². The molecule has 4 nitrogen and oxygen atoms in total. The van der Waals surface area contributed by atoms with Crippen molar-refractivity contribution >= 4 is 11.7 Å². The van der Waals surface area contributed by atoms with Crippen molar-refractivity contribution in [1.29, 1.82) is 0 Å². The zero-order valence-electron chi connectivity index (χ0n) is 12.4. The number of hydrogen-bond donors (Lipinski definition) is 2. The van der Waals surface area contributed by atoms with E-state index >= 15 is 0 Å². The summed E-state index contributed by atoms with van der Waals surface area (Å²) >= 11 is 0. The van der Waals surface area contributed by atoms with Crippen molar-refractivity contribution in [2.24, 2.45) is 27.6 Å². The summed E-state index contributed by atoms with van der Waals surface area (Å²) in [6, 6.07) is 0. The number of nitrogens with zero attached hydrogens (tertiary/aromatic N) is 2. The topological polar surface area (TPSA) is 76.8 Å². The van der Waals surface area contributed by atoms with Gasteiger partial charge in [0.1, 0.15) is 0 Å². The fourth-order valence-electron chi connectivity index (χ4n) is 2.80. The Morgan fingerprint density at radius 2 is 1.16 bits per heavy atom. The molecule has 0 amide bonds. The van der Waals surface area contributed by atoms with Gasteiger partial charge in [-0.05, 0) is 25.7 Å². The van der Waals surface area contributed by atoms with Crippen molar-refractivity contribution in [3.05, 3.63) is 0 Å².